The third-order valence-electron chi connectivity index (χ3n) is 5.30. The zero-order valence-electron chi connectivity index (χ0n) is 17.8. The highest BCUT2D eigenvalue weighted by Gasteiger charge is 2.29. The average Bonchev–Trinajstić information content (AvgIpc) is 3.02. The van der Waals surface area contributed by atoms with E-state index in [0.717, 1.165) is 41.7 Å². The molecule has 0 spiro atoms. The number of fused-ring (bicyclic) bond motifs is 1. The monoisotopic (exact) mass is 415 g/mol. The zero-order chi connectivity index (χ0) is 21.1. The summed E-state index contributed by atoms with van der Waals surface area (Å²) in [6.45, 7) is 8.29. The van der Waals surface area contributed by atoms with Gasteiger partial charge < -0.3 is 14.8 Å². The lowest BCUT2D eigenvalue weighted by Gasteiger charge is -2.18. The molecule has 29 heavy (non-hydrogen) atoms. The van der Waals surface area contributed by atoms with Crippen LogP contribution in [0.1, 0.15) is 65.0 Å². The van der Waals surface area contributed by atoms with E-state index in [1.807, 2.05) is 25.1 Å². The lowest BCUT2D eigenvalue weighted by Crippen LogP contribution is -2.21. The quantitative estimate of drug-likeness (QED) is 0.666. The minimum absolute atomic E-state index is 0.108. The number of carbonyl (C=O) groups is 2. The van der Waals surface area contributed by atoms with Gasteiger partial charge in [-0.1, -0.05) is 32.9 Å². The van der Waals surface area contributed by atoms with Gasteiger partial charge in [-0.15, -0.1) is 11.3 Å². The van der Waals surface area contributed by atoms with Gasteiger partial charge in [-0.2, -0.15) is 0 Å². The van der Waals surface area contributed by atoms with Crippen LogP contribution in [0.2, 0.25) is 0 Å². The van der Waals surface area contributed by atoms with Crippen molar-refractivity contribution in [1.82, 2.24) is 0 Å². The number of hydrogen-bond acceptors (Lipinski definition) is 5. The van der Waals surface area contributed by atoms with Gasteiger partial charge in [0.05, 0.1) is 12.7 Å². The molecule has 1 N–H and O–H groups in total. The molecule has 1 aromatic heterocycles. The third-order valence-corrected chi connectivity index (χ3v) is 6.47. The van der Waals surface area contributed by atoms with Gasteiger partial charge in [0.1, 0.15) is 10.8 Å². The molecule has 0 radical (unpaired) electrons. The summed E-state index contributed by atoms with van der Waals surface area (Å²) < 4.78 is 10.8. The standard InChI is InChI=1S/C23H29NO4S/c1-13(2)16-8-6-14(3)10-18(16)28-12-20(25)24-22-21(23(26)27-5)17-9-7-15(4)11-19(17)29-22/h6,8,10,13,15H,7,9,11-12H2,1-5H3,(H,24,25)/t15-/m1/s1. The molecule has 6 heteroatoms. The van der Waals surface area contributed by atoms with Crippen LogP contribution in [0.5, 0.6) is 5.75 Å². The molecule has 156 valence electrons. The van der Waals surface area contributed by atoms with Crippen molar-refractivity contribution in [2.45, 2.75) is 52.9 Å². The fourth-order valence-corrected chi connectivity index (χ4v) is 5.12. The second-order valence-electron chi connectivity index (χ2n) is 8.08. The van der Waals surface area contributed by atoms with Gasteiger partial charge in [0.25, 0.3) is 5.91 Å². The molecule has 0 aliphatic heterocycles. The largest absolute Gasteiger partial charge is 0.483 e. The van der Waals surface area contributed by atoms with Crippen molar-refractivity contribution in [1.29, 1.82) is 0 Å². The molecule has 1 heterocycles. The summed E-state index contributed by atoms with van der Waals surface area (Å²) in [5.74, 6) is 0.926. The summed E-state index contributed by atoms with van der Waals surface area (Å²) in [5.41, 5.74) is 3.68. The van der Waals surface area contributed by atoms with E-state index in [-0.39, 0.29) is 12.5 Å². The third kappa shape index (κ3) is 4.81. The lowest BCUT2D eigenvalue weighted by atomic mass is 9.88. The number of carbonyl (C=O) groups excluding carboxylic acids is 2. The minimum atomic E-state index is -0.394. The van der Waals surface area contributed by atoms with E-state index in [4.69, 9.17) is 9.47 Å². The normalized spacial score (nSPS) is 15.7. The molecule has 2 aromatic rings. The summed E-state index contributed by atoms with van der Waals surface area (Å²) in [6.07, 6.45) is 2.80. The number of benzene rings is 1. The zero-order valence-corrected chi connectivity index (χ0v) is 18.6. The van der Waals surface area contributed by atoms with Crippen LogP contribution in [0.25, 0.3) is 0 Å². The van der Waals surface area contributed by atoms with Crippen LogP contribution in [0.15, 0.2) is 18.2 Å². The van der Waals surface area contributed by atoms with Crippen LogP contribution in [0.3, 0.4) is 0 Å². The molecule has 1 atom stereocenters. The molecular weight excluding hydrogens is 386 g/mol. The predicted octanol–water partition coefficient (Wildman–Crippen LogP) is 5.11. The number of ether oxygens (including phenoxy) is 2. The smallest absolute Gasteiger partial charge is 0.341 e. The first-order valence-electron chi connectivity index (χ1n) is 10.1. The molecule has 0 unspecified atom stereocenters. The van der Waals surface area contributed by atoms with E-state index in [9.17, 15) is 9.59 Å². The number of hydrogen-bond donors (Lipinski definition) is 1. The Bertz CT molecular complexity index is 916. The first-order valence-corrected chi connectivity index (χ1v) is 10.9. The van der Waals surface area contributed by atoms with Crippen LogP contribution in [0.4, 0.5) is 5.00 Å². The van der Waals surface area contributed by atoms with Crippen LogP contribution in [0, 0.1) is 12.8 Å². The molecular formula is C23H29NO4S. The van der Waals surface area contributed by atoms with E-state index in [2.05, 4.69) is 26.1 Å². The second-order valence-corrected chi connectivity index (χ2v) is 9.19. The first kappa shape index (κ1) is 21.4. The lowest BCUT2D eigenvalue weighted by molar-refractivity contribution is -0.118. The molecule has 0 saturated carbocycles. The van der Waals surface area contributed by atoms with Crippen LogP contribution in [-0.2, 0) is 22.4 Å². The Hall–Kier alpha value is -2.34. The van der Waals surface area contributed by atoms with Gasteiger partial charge in [-0.3, -0.25) is 4.79 Å². The summed E-state index contributed by atoms with van der Waals surface area (Å²) in [6, 6.07) is 6.03. The fourth-order valence-electron chi connectivity index (χ4n) is 3.71. The van der Waals surface area contributed by atoms with E-state index in [1.54, 1.807) is 0 Å². The second kappa shape index (κ2) is 8.99. The Labute approximate surface area is 176 Å². The molecule has 0 saturated heterocycles. The topological polar surface area (TPSA) is 64.6 Å². The van der Waals surface area contributed by atoms with Crippen molar-refractivity contribution < 1.29 is 19.1 Å². The van der Waals surface area contributed by atoms with Crippen molar-refractivity contribution in [3.63, 3.8) is 0 Å². The highest BCUT2D eigenvalue weighted by molar-refractivity contribution is 7.17. The van der Waals surface area contributed by atoms with Gasteiger partial charge in [-0.05, 0) is 60.8 Å². The van der Waals surface area contributed by atoms with Crippen molar-refractivity contribution in [3.8, 4) is 5.75 Å². The summed E-state index contributed by atoms with van der Waals surface area (Å²) >= 11 is 1.48. The van der Waals surface area contributed by atoms with Crippen molar-refractivity contribution in [3.05, 3.63) is 45.3 Å². The molecule has 0 bridgehead atoms. The number of rotatable bonds is 6. The van der Waals surface area contributed by atoms with Gasteiger partial charge in [0.2, 0.25) is 0 Å². The summed E-state index contributed by atoms with van der Waals surface area (Å²) in [4.78, 5) is 26.1. The number of nitrogens with one attached hydrogen (secondary N) is 1. The Balaban J connectivity index is 1.76. The molecule has 1 aliphatic carbocycles. The fraction of sp³-hybridized carbons (Fsp3) is 0.478. The number of aryl methyl sites for hydroxylation is 1. The van der Waals surface area contributed by atoms with E-state index < -0.39 is 5.97 Å². The van der Waals surface area contributed by atoms with Gasteiger partial charge in [0.15, 0.2) is 6.61 Å². The highest BCUT2D eigenvalue weighted by atomic mass is 32.1. The van der Waals surface area contributed by atoms with Crippen LogP contribution >= 0.6 is 11.3 Å². The Morgan fingerprint density at radius 1 is 1.31 bits per heavy atom. The van der Waals surface area contributed by atoms with Crippen LogP contribution < -0.4 is 10.1 Å². The Kier molecular flexibility index (Phi) is 6.63. The van der Waals surface area contributed by atoms with Crippen molar-refractivity contribution in [2.24, 2.45) is 5.92 Å². The maximum Gasteiger partial charge on any atom is 0.341 e. The number of methoxy groups -OCH3 is 1. The highest BCUT2D eigenvalue weighted by Crippen LogP contribution is 2.40. The first-order chi connectivity index (χ1) is 13.8. The maximum atomic E-state index is 12.6. The van der Waals surface area contributed by atoms with Gasteiger partial charge >= 0.3 is 5.97 Å². The molecule has 0 fully saturated rings. The molecule has 1 aliphatic rings. The van der Waals surface area contributed by atoms with Crippen molar-refractivity contribution in [2.75, 3.05) is 19.0 Å². The molecule has 3 rings (SSSR count). The Morgan fingerprint density at radius 2 is 2.07 bits per heavy atom. The SMILES string of the molecule is COC(=O)c1c(NC(=O)COc2cc(C)ccc2C(C)C)sc2c1CC[C@@H](C)C2. The number of anilines is 1. The number of amides is 1. The average molecular weight is 416 g/mol. The number of esters is 1. The summed E-state index contributed by atoms with van der Waals surface area (Å²) in [5, 5.41) is 3.45. The number of thiophene rings is 1. The molecule has 5 nitrogen and oxygen atoms in total. The molecule has 1 amide bonds. The van der Waals surface area contributed by atoms with Gasteiger partial charge in [0, 0.05) is 4.88 Å². The van der Waals surface area contributed by atoms with E-state index in [0.29, 0.717) is 22.4 Å². The van der Waals surface area contributed by atoms with Gasteiger partial charge in [-0.25, -0.2) is 4.79 Å². The van der Waals surface area contributed by atoms with Crippen molar-refractivity contribution >= 4 is 28.2 Å². The molecule has 1 aromatic carbocycles. The van der Waals surface area contributed by atoms with E-state index >= 15 is 0 Å². The van der Waals surface area contributed by atoms with E-state index in [1.165, 1.54) is 23.3 Å². The van der Waals surface area contributed by atoms with Crippen LogP contribution in [-0.4, -0.2) is 25.6 Å². The Morgan fingerprint density at radius 3 is 2.76 bits per heavy atom. The minimum Gasteiger partial charge on any atom is -0.483 e. The predicted molar refractivity (Wildman–Crippen MR) is 116 cm³/mol. The maximum absolute atomic E-state index is 12.6. The summed E-state index contributed by atoms with van der Waals surface area (Å²) in [7, 11) is 1.37.